The molecule has 0 bridgehead atoms. The lowest BCUT2D eigenvalue weighted by Gasteiger charge is -2.13. The van der Waals surface area contributed by atoms with Gasteiger partial charge in [0.25, 0.3) is 0 Å². The quantitative estimate of drug-likeness (QED) is 0.811. The summed E-state index contributed by atoms with van der Waals surface area (Å²) in [7, 11) is 0. The second-order valence-electron chi connectivity index (χ2n) is 5.61. The molecule has 2 rings (SSSR count). The van der Waals surface area contributed by atoms with Gasteiger partial charge in [-0.1, -0.05) is 38.1 Å². The van der Waals surface area contributed by atoms with Crippen LogP contribution in [-0.2, 0) is 9.59 Å². The molecule has 0 saturated heterocycles. The van der Waals surface area contributed by atoms with Crippen LogP contribution in [0.5, 0.6) is 0 Å². The van der Waals surface area contributed by atoms with Crippen LogP contribution in [0.25, 0.3) is 0 Å². The van der Waals surface area contributed by atoms with E-state index in [4.69, 9.17) is 0 Å². The number of nitrogens with one attached hydrogen (secondary N) is 2. The molecule has 0 fully saturated rings. The first-order chi connectivity index (χ1) is 11.4. The molecule has 0 spiro atoms. The topological polar surface area (TPSA) is 58.2 Å². The van der Waals surface area contributed by atoms with Gasteiger partial charge >= 0.3 is 0 Å². The maximum atomic E-state index is 13.5. The normalized spacial score (nSPS) is 10.5. The van der Waals surface area contributed by atoms with Gasteiger partial charge in [-0.25, -0.2) is 8.78 Å². The Balaban J connectivity index is 2.01. The summed E-state index contributed by atoms with van der Waals surface area (Å²) >= 11 is 0. The summed E-state index contributed by atoms with van der Waals surface area (Å²) in [5.41, 5.74) is 0.992. The number of para-hydroxylation sites is 2. The van der Waals surface area contributed by atoms with Gasteiger partial charge in [0.1, 0.15) is 23.7 Å². The van der Waals surface area contributed by atoms with E-state index in [-0.39, 0.29) is 5.92 Å². The Morgan fingerprint density at radius 3 is 2.12 bits per heavy atom. The van der Waals surface area contributed by atoms with E-state index in [1.54, 1.807) is 12.1 Å². The van der Waals surface area contributed by atoms with Crippen LogP contribution in [0, 0.1) is 11.6 Å². The van der Waals surface area contributed by atoms with Crippen molar-refractivity contribution in [3.8, 4) is 0 Å². The zero-order valence-electron chi connectivity index (χ0n) is 13.4. The highest BCUT2D eigenvalue weighted by atomic mass is 19.1. The molecule has 0 saturated carbocycles. The summed E-state index contributed by atoms with van der Waals surface area (Å²) in [5.74, 6) is -2.94. The highest BCUT2D eigenvalue weighted by Gasteiger charge is 2.16. The van der Waals surface area contributed by atoms with Crippen LogP contribution in [0.1, 0.15) is 31.7 Å². The molecule has 24 heavy (non-hydrogen) atoms. The molecule has 126 valence electrons. The molecule has 4 nitrogen and oxygen atoms in total. The lowest BCUT2D eigenvalue weighted by Crippen LogP contribution is -2.22. The molecular formula is C18H18F2N2O2. The molecule has 0 aliphatic heterocycles. The summed E-state index contributed by atoms with van der Waals surface area (Å²) in [4.78, 5) is 23.8. The highest BCUT2D eigenvalue weighted by molar-refractivity contribution is 6.08. The Morgan fingerprint density at radius 1 is 0.917 bits per heavy atom. The minimum Gasteiger partial charge on any atom is -0.325 e. The number of anilines is 2. The number of halogens is 2. The molecule has 0 heterocycles. The SMILES string of the molecule is CC(C)c1ccccc1NC(=O)CC(=O)Nc1c(F)cccc1F. The Bertz CT molecular complexity index is 740. The van der Waals surface area contributed by atoms with Crippen molar-refractivity contribution >= 4 is 23.2 Å². The van der Waals surface area contributed by atoms with Crippen molar-refractivity contribution in [2.45, 2.75) is 26.2 Å². The summed E-state index contributed by atoms with van der Waals surface area (Å²) in [6, 6.07) is 10.5. The van der Waals surface area contributed by atoms with E-state index < -0.39 is 35.6 Å². The van der Waals surface area contributed by atoms with Crippen LogP contribution in [0.2, 0.25) is 0 Å². The molecule has 0 unspecified atom stereocenters. The fourth-order valence-electron chi connectivity index (χ4n) is 2.26. The molecule has 6 heteroatoms. The highest BCUT2D eigenvalue weighted by Crippen LogP contribution is 2.24. The van der Waals surface area contributed by atoms with Crippen molar-refractivity contribution in [1.82, 2.24) is 0 Å². The Morgan fingerprint density at radius 2 is 1.50 bits per heavy atom. The number of amides is 2. The molecule has 0 aliphatic rings. The van der Waals surface area contributed by atoms with Gasteiger partial charge in [-0.3, -0.25) is 9.59 Å². The van der Waals surface area contributed by atoms with Crippen molar-refractivity contribution in [3.05, 3.63) is 59.7 Å². The molecule has 0 atom stereocenters. The Kier molecular flexibility index (Phi) is 5.63. The van der Waals surface area contributed by atoms with Crippen molar-refractivity contribution in [1.29, 1.82) is 0 Å². The summed E-state index contributed by atoms with van der Waals surface area (Å²) in [6.07, 6.45) is -0.541. The monoisotopic (exact) mass is 332 g/mol. The van der Waals surface area contributed by atoms with Gasteiger partial charge in [-0.05, 0) is 29.7 Å². The molecule has 0 aromatic heterocycles. The predicted molar refractivity (Wildman–Crippen MR) is 88.8 cm³/mol. The minimum atomic E-state index is -0.895. The number of hydrogen-bond donors (Lipinski definition) is 2. The van der Waals surface area contributed by atoms with Crippen LogP contribution >= 0.6 is 0 Å². The molecule has 2 amide bonds. The molecule has 2 N–H and O–H groups in total. The van der Waals surface area contributed by atoms with Gasteiger partial charge < -0.3 is 10.6 Å². The van der Waals surface area contributed by atoms with Crippen LogP contribution in [0.15, 0.2) is 42.5 Å². The molecule has 0 aliphatic carbocycles. The Labute approximate surface area is 138 Å². The number of benzene rings is 2. The molecule has 0 radical (unpaired) electrons. The Hall–Kier alpha value is -2.76. The third-order valence-corrected chi connectivity index (χ3v) is 3.41. The smallest absolute Gasteiger partial charge is 0.233 e. The number of carbonyl (C=O) groups is 2. The predicted octanol–water partition coefficient (Wildman–Crippen LogP) is 4.06. The summed E-state index contributed by atoms with van der Waals surface area (Å²) < 4.78 is 27.0. The average molecular weight is 332 g/mol. The van der Waals surface area contributed by atoms with Crippen LogP contribution in [-0.4, -0.2) is 11.8 Å². The second-order valence-corrected chi connectivity index (χ2v) is 5.61. The van der Waals surface area contributed by atoms with Gasteiger partial charge in [0, 0.05) is 5.69 Å². The zero-order chi connectivity index (χ0) is 17.7. The van der Waals surface area contributed by atoms with Crippen molar-refractivity contribution in [3.63, 3.8) is 0 Å². The third-order valence-electron chi connectivity index (χ3n) is 3.41. The molecule has 2 aromatic carbocycles. The van der Waals surface area contributed by atoms with Crippen LogP contribution in [0.4, 0.5) is 20.2 Å². The van der Waals surface area contributed by atoms with E-state index in [1.807, 2.05) is 26.0 Å². The average Bonchev–Trinajstić information content (AvgIpc) is 2.51. The fraction of sp³-hybridized carbons (Fsp3) is 0.222. The molecular weight excluding hydrogens is 314 g/mol. The van der Waals surface area contributed by atoms with Crippen LogP contribution in [0.3, 0.4) is 0 Å². The van der Waals surface area contributed by atoms with E-state index in [0.717, 1.165) is 17.7 Å². The number of hydrogen-bond acceptors (Lipinski definition) is 2. The fourth-order valence-corrected chi connectivity index (χ4v) is 2.26. The van der Waals surface area contributed by atoms with Crippen molar-refractivity contribution in [2.24, 2.45) is 0 Å². The third kappa shape index (κ3) is 4.38. The first-order valence-corrected chi connectivity index (χ1v) is 7.51. The first kappa shape index (κ1) is 17.6. The van der Waals surface area contributed by atoms with Gasteiger partial charge in [0.15, 0.2) is 0 Å². The summed E-state index contributed by atoms with van der Waals surface area (Å²) in [5, 5.41) is 4.73. The van der Waals surface area contributed by atoms with E-state index in [9.17, 15) is 18.4 Å². The summed E-state index contributed by atoms with van der Waals surface area (Å²) in [6.45, 7) is 3.97. The maximum absolute atomic E-state index is 13.5. The maximum Gasteiger partial charge on any atom is 0.233 e. The van der Waals surface area contributed by atoms with E-state index >= 15 is 0 Å². The molecule has 2 aromatic rings. The van der Waals surface area contributed by atoms with Gasteiger partial charge in [0.05, 0.1) is 0 Å². The van der Waals surface area contributed by atoms with Gasteiger partial charge in [-0.15, -0.1) is 0 Å². The van der Waals surface area contributed by atoms with Crippen molar-refractivity contribution in [2.75, 3.05) is 10.6 Å². The largest absolute Gasteiger partial charge is 0.325 e. The van der Waals surface area contributed by atoms with Gasteiger partial charge in [0.2, 0.25) is 11.8 Å². The zero-order valence-corrected chi connectivity index (χ0v) is 13.4. The number of carbonyl (C=O) groups excluding carboxylic acids is 2. The first-order valence-electron chi connectivity index (χ1n) is 7.51. The lowest BCUT2D eigenvalue weighted by molar-refractivity contribution is -0.123. The van der Waals surface area contributed by atoms with Crippen molar-refractivity contribution < 1.29 is 18.4 Å². The minimum absolute atomic E-state index is 0.197. The number of rotatable bonds is 5. The van der Waals surface area contributed by atoms with Crippen LogP contribution < -0.4 is 10.6 Å². The lowest BCUT2D eigenvalue weighted by atomic mass is 10.0. The van der Waals surface area contributed by atoms with E-state index in [1.165, 1.54) is 6.07 Å². The van der Waals surface area contributed by atoms with E-state index in [0.29, 0.717) is 5.69 Å². The van der Waals surface area contributed by atoms with Gasteiger partial charge in [-0.2, -0.15) is 0 Å². The second kappa shape index (κ2) is 7.68. The standard InChI is InChI=1S/C18H18F2N2O2/c1-11(2)12-6-3-4-9-15(12)21-16(23)10-17(24)22-18-13(19)7-5-8-14(18)20/h3-9,11H,10H2,1-2H3,(H,21,23)(H,22,24). The van der Waals surface area contributed by atoms with E-state index in [2.05, 4.69) is 10.6 Å².